The van der Waals surface area contributed by atoms with Crippen molar-refractivity contribution in [3.05, 3.63) is 75.8 Å². The van der Waals surface area contributed by atoms with Gasteiger partial charge in [-0.05, 0) is 25.1 Å². The number of thiazole rings is 1. The Morgan fingerprint density at radius 3 is 2.54 bits per heavy atom. The van der Waals surface area contributed by atoms with Gasteiger partial charge in [-0.25, -0.2) is 9.78 Å². The number of carbonyl (C=O) groups is 3. The van der Waals surface area contributed by atoms with Crippen molar-refractivity contribution in [1.82, 2.24) is 9.88 Å². The summed E-state index contributed by atoms with van der Waals surface area (Å²) in [6.07, 6.45) is 0. The van der Waals surface area contributed by atoms with Crippen LogP contribution in [-0.2, 0) is 11.3 Å². The van der Waals surface area contributed by atoms with Crippen LogP contribution in [0.2, 0.25) is 0 Å². The summed E-state index contributed by atoms with van der Waals surface area (Å²) < 4.78 is 5.33. The number of carbonyl (C=O) groups excluding carboxylic acids is 3. The Balaban J connectivity index is 1.45. The number of aromatic nitrogens is 1. The van der Waals surface area contributed by atoms with E-state index in [0.717, 1.165) is 15.5 Å². The van der Waals surface area contributed by atoms with Crippen LogP contribution < -0.4 is 0 Å². The van der Waals surface area contributed by atoms with E-state index in [1.54, 1.807) is 0 Å². The van der Waals surface area contributed by atoms with E-state index in [2.05, 4.69) is 4.98 Å². The van der Waals surface area contributed by atoms with Gasteiger partial charge in [-0.3, -0.25) is 14.5 Å². The molecule has 1 aliphatic heterocycles. The average molecular weight is 392 g/mol. The summed E-state index contributed by atoms with van der Waals surface area (Å²) in [4.78, 5) is 41.9. The molecule has 0 fully saturated rings. The van der Waals surface area contributed by atoms with Crippen molar-refractivity contribution in [2.45, 2.75) is 13.5 Å². The molecule has 28 heavy (non-hydrogen) atoms. The number of hydrogen-bond donors (Lipinski definition) is 0. The third kappa shape index (κ3) is 3.20. The molecule has 0 bridgehead atoms. The maximum absolute atomic E-state index is 12.3. The van der Waals surface area contributed by atoms with E-state index < -0.39 is 11.9 Å². The first-order valence-corrected chi connectivity index (χ1v) is 9.47. The molecule has 2 amide bonds. The second-order valence-corrected chi connectivity index (χ2v) is 7.37. The largest absolute Gasteiger partial charge is 0.456 e. The quantitative estimate of drug-likeness (QED) is 0.500. The van der Waals surface area contributed by atoms with Gasteiger partial charge in [-0.15, -0.1) is 11.3 Å². The SMILES string of the molecule is Cc1ccc(-c2nc(COC(=O)c3ccc4c(c3)C(=O)N(C)C4=O)cs2)cc1. The van der Waals surface area contributed by atoms with Gasteiger partial charge in [0.2, 0.25) is 0 Å². The van der Waals surface area contributed by atoms with Gasteiger partial charge in [0.25, 0.3) is 11.8 Å². The molecule has 0 N–H and O–H groups in total. The van der Waals surface area contributed by atoms with Gasteiger partial charge in [-0.1, -0.05) is 29.8 Å². The van der Waals surface area contributed by atoms with E-state index in [0.29, 0.717) is 11.3 Å². The van der Waals surface area contributed by atoms with Crippen molar-refractivity contribution in [3.63, 3.8) is 0 Å². The molecule has 2 heterocycles. The molecule has 4 rings (SSSR count). The third-order valence-electron chi connectivity index (χ3n) is 4.53. The van der Waals surface area contributed by atoms with Crippen molar-refractivity contribution in [2.75, 3.05) is 7.05 Å². The summed E-state index contributed by atoms with van der Waals surface area (Å²) in [6, 6.07) is 12.4. The molecule has 0 radical (unpaired) electrons. The van der Waals surface area contributed by atoms with E-state index in [4.69, 9.17) is 4.74 Å². The molecule has 6 nitrogen and oxygen atoms in total. The van der Waals surface area contributed by atoms with Crippen LogP contribution in [0, 0.1) is 6.92 Å². The van der Waals surface area contributed by atoms with Crippen LogP contribution in [-0.4, -0.2) is 34.7 Å². The van der Waals surface area contributed by atoms with Crippen molar-refractivity contribution in [3.8, 4) is 10.6 Å². The summed E-state index contributed by atoms with van der Waals surface area (Å²) in [5.74, 6) is -1.36. The maximum Gasteiger partial charge on any atom is 0.338 e. The number of aryl methyl sites for hydroxylation is 1. The summed E-state index contributed by atoms with van der Waals surface area (Å²) >= 11 is 1.48. The molecule has 0 saturated carbocycles. The van der Waals surface area contributed by atoms with Crippen LogP contribution >= 0.6 is 11.3 Å². The lowest BCUT2D eigenvalue weighted by Gasteiger charge is -2.04. The van der Waals surface area contributed by atoms with Crippen LogP contribution in [0.5, 0.6) is 0 Å². The Labute approximate surface area is 165 Å². The number of ether oxygens (including phenoxy) is 1. The molecular weight excluding hydrogens is 376 g/mol. The molecule has 7 heteroatoms. The van der Waals surface area contributed by atoms with Gasteiger partial charge in [0, 0.05) is 18.0 Å². The van der Waals surface area contributed by atoms with Gasteiger partial charge in [0.05, 0.1) is 22.4 Å². The molecule has 0 spiro atoms. The van der Waals surface area contributed by atoms with Crippen molar-refractivity contribution >= 4 is 29.1 Å². The van der Waals surface area contributed by atoms with E-state index in [1.165, 1.54) is 42.1 Å². The van der Waals surface area contributed by atoms with E-state index in [-0.39, 0.29) is 23.6 Å². The molecule has 0 unspecified atom stereocenters. The molecule has 2 aromatic carbocycles. The normalized spacial score (nSPS) is 13.0. The van der Waals surface area contributed by atoms with Crippen molar-refractivity contribution in [1.29, 1.82) is 0 Å². The van der Waals surface area contributed by atoms with Crippen LogP contribution in [0.1, 0.15) is 42.3 Å². The van der Waals surface area contributed by atoms with Crippen molar-refractivity contribution in [2.24, 2.45) is 0 Å². The van der Waals surface area contributed by atoms with Crippen LogP contribution in [0.15, 0.2) is 47.8 Å². The van der Waals surface area contributed by atoms with E-state index in [9.17, 15) is 14.4 Å². The van der Waals surface area contributed by atoms with Gasteiger partial charge in [0.15, 0.2) is 0 Å². The number of amides is 2. The number of fused-ring (bicyclic) bond motifs is 1. The molecule has 3 aromatic rings. The topological polar surface area (TPSA) is 76.6 Å². The minimum Gasteiger partial charge on any atom is -0.456 e. The highest BCUT2D eigenvalue weighted by molar-refractivity contribution is 7.13. The second-order valence-electron chi connectivity index (χ2n) is 6.52. The van der Waals surface area contributed by atoms with E-state index in [1.807, 2.05) is 36.6 Å². The molecule has 140 valence electrons. The van der Waals surface area contributed by atoms with Gasteiger partial charge < -0.3 is 4.74 Å². The lowest BCUT2D eigenvalue weighted by atomic mass is 10.1. The van der Waals surface area contributed by atoms with Gasteiger partial charge >= 0.3 is 5.97 Å². The third-order valence-corrected chi connectivity index (χ3v) is 5.47. The Morgan fingerprint density at radius 2 is 1.79 bits per heavy atom. The highest BCUT2D eigenvalue weighted by atomic mass is 32.1. The lowest BCUT2D eigenvalue weighted by Crippen LogP contribution is -2.24. The Hall–Kier alpha value is -3.32. The van der Waals surface area contributed by atoms with Crippen LogP contribution in [0.25, 0.3) is 10.6 Å². The smallest absolute Gasteiger partial charge is 0.338 e. The first-order chi connectivity index (χ1) is 13.4. The van der Waals surface area contributed by atoms with Gasteiger partial charge in [-0.2, -0.15) is 0 Å². The maximum atomic E-state index is 12.3. The lowest BCUT2D eigenvalue weighted by molar-refractivity contribution is 0.0468. The molecule has 0 atom stereocenters. The Bertz CT molecular complexity index is 1100. The molecule has 0 saturated heterocycles. The zero-order valence-corrected chi connectivity index (χ0v) is 16.1. The zero-order chi connectivity index (χ0) is 19.8. The first kappa shape index (κ1) is 18.1. The monoisotopic (exact) mass is 392 g/mol. The molecule has 1 aromatic heterocycles. The molecule has 1 aliphatic rings. The number of nitrogens with zero attached hydrogens (tertiary/aromatic N) is 2. The Kier molecular flexibility index (Phi) is 4.52. The number of rotatable bonds is 4. The summed E-state index contributed by atoms with van der Waals surface area (Å²) in [5.41, 5.74) is 3.59. The predicted molar refractivity (Wildman–Crippen MR) is 104 cm³/mol. The van der Waals surface area contributed by atoms with E-state index >= 15 is 0 Å². The fourth-order valence-electron chi connectivity index (χ4n) is 2.91. The fraction of sp³-hybridized carbons (Fsp3) is 0.143. The first-order valence-electron chi connectivity index (χ1n) is 8.59. The standard InChI is InChI=1S/C21H16N2O4S/c1-12-3-5-13(6-4-12)18-22-15(11-28-18)10-27-21(26)14-7-8-16-17(9-14)20(25)23(2)19(16)24/h3-9,11H,10H2,1-2H3. The highest BCUT2D eigenvalue weighted by Crippen LogP contribution is 2.25. The minimum absolute atomic E-state index is 0.0328. The number of esters is 1. The summed E-state index contributed by atoms with van der Waals surface area (Å²) in [5, 5.41) is 2.71. The van der Waals surface area contributed by atoms with Crippen molar-refractivity contribution < 1.29 is 19.1 Å². The number of benzene rings is 2. The Morgan fingerprint density at radius 1 is 1.07 bits per heavy atom. The average Bonchev–Trinajstić information content (AvgIpc) is 3.26. The van der Waals surface area contributed by atoms with Crippen LogP contribution in [0.4, 0.5) is 0 Å². The molecular formula is C21H16N2O4S. The zero-order valence-electron chi connectivity index (χ0n) is 15.3. The minimum atomic E-state index is -0.567. The number of imide groups is 1. The fourth-order valence-corrected chi connectivity index (χ4v) is 3.72. The van der Waals surface area contributed by atoms with Gasteiger partial charge in [0.1, 0.15) is 11.6 Å². The van der Waals surface area contributed by atoms with Crippen LogP contribution in [0.3, 0.4) is 0 Å². The highest BCUT2D eigenvalue weighted by Gasteiger charge is 2.33. The summed E-state index contributed by atoms with van der Waals surface area (Å²) in [6.45, 7) is 2.06. The number of hydrogen-bond acceptors (Lipinski definition) is 6. The molecule has 0 aliphatic carbocycles. The second kappa shape index (κ2) is 7.01. The summed E-state index contributed by atoms with van der Waals surface area (Å²) in [7, 11) is 1.41. The predicted octanol–water partition coefficient (Wildman–Crippen LogP) is 3.70.